The van der Waals surface area contributed by atoms with Crippen molar-refractivity contribution in [2.45, 2.75) is 45.3 Å². The standard InChI is InChI=1S/C11H18N2O/c1-9(2)8-13-10(3-6-12-13)7-11(14)4-5-11/h3,6,9,14H,4-5,7-8H2,1-2H3. The summed E-state index contributed by atoms with van der Waals surface area (Å²) in [5, 5.41) is 14.1. The van der Waals surface area contributed by atoms with Gasteiger partial charge in [0.15, 0.2) is 0 Å². The fourth-order valence-electron chi connectivity index (χ4n) is 1.68. The van der Waals surface area contributed by atoms with Crippen LogP contribution in [0.1, 0.15) is 32.4 Å². The number of rotatable bonds is 4. The lowest BCUT2D eigenvalue weighted by molar-refractivity contribution is 0.147. The SMILES string of the molecule is CC(C)Cn1nccc1CC1(O)CC1. The zero-order valence-corrected chi connectivity index (χ0v) is 8.90. The Morgan fingerprint density at radius 2 is 2.29 bits per heavy atom. The van der Waals surface area contributed by atoms with Gasteiger partial charge in [-0.3, -0.25) is 4.68 Å². The van der Waals surface area contributed by atoms with Crippen LogP contribution in [-0.4, -0.2) is 20.5 Å². The molecule has 0 amide bonds. The third kappa shape index (κ3) is 2.15. The second kappa shape index (κ2) is 3.39. The summed E-state index contributed by atoms with van der Waals surface area (Å²) in [6.45, 7) is 5.30. The van der Waals surface area contributed by atoms with Crippen LogP contribution in [0, 0.1) is 5.92 Å². The van der Waals surface area contributed by atoms with E-state index >= 15 is 0 Å². The minimum absolute atomic E-state index is 0.408. The molecule has 0 radical (unpaired) electrons. The van der Waals surface area contributed by atoms with Crippen LogP contribution in [0.5, 0.6) is 0 Å². The first-order chi connectivity index (χ1) is 6.59. The van der Waals surface area contributed by atoms with Gasteiger partial charge in [0.1, 0.15) is 0 Å². The molecule has 1 aliphatic rings. The Labute approximate surface area is 84.7 Å². The van der Waals surface area contributed by atoms with Crippen molar-refractivity contribution in [1.82, 2.24) is 9.78 Å². The topological polar surface area (TPSA) is 38.0 Å². The van der Waals surface area contributed by atoms with Gasteiger partial charge < -0.3 is 5.11 Å². The summed E-state index contributed by atoms with van der Waals surface area (Å²) in [6.07, 6.45) is 4.48. The maximum absolute atomic E-state index is 9.82. The van der Waals surface area contributed by atoms with Crippen LogP contribution in [-0.2, 0) is 13.0 Å². The summed E-state index contributed by atoms with van der Waals surface area (Å²) in [5.41, 5.74) is 0.757. The van der Waals surface area contributed by atoms with Crippen LogP contribution in [0.25, 0.3) is 0 Å². The van der Waals surface area contributed by atoms with Gasteiger partial charge >= 0.3 is 0 Å². The molecule has 1 saturated carbocycles. The number of nitrogens with zero attached hydrogens (tertiary/aromatic N) is 2. The number of aromatic nitrogens is 2. The van der Waals surface area contributed by atoms with Crippen LogP contribution >= 0.6 is 0 Å². The first kappa shape index (κ1) is 9.71. The van der Waals surface area contributed by atoms with Crippen molar-refractivity contribution in [2.24, 2.45) is 5.92 Å². The highest BCUT2D eigenvalue weighted by atomic mass is 16.3. The normalized spacial score (nSPS) is 18.9. The van der Waals surface area contributed by atoms with Gasteiger partial charge in [0.25, 0.3) is 0 Å². The largest absolute Gasteiger partial charge is 0.389 e. The molecule has 0 unspecified atom stereocenters. The molecule has 0 saturated heterocycles. The molecule has 3 nitrogen and oxygen atoms in total. The average molecular weight is 194 g/mol. The molecule has 2 rings (SSSR count). The summed E-state index contributed by atoms with van der Waals surface area (Å²) < 4.78 is 2.01. The Morgan fingerprint density at radius 3 is 2.86 bits per heavy atom. The predicted octanol–water partition coefficient (Wildman–Crippen LogP) is 1.61. The highest BCUT2D eigenvalue weighted by Gasteiger charge is 2.40. The van der Waals surface area contributed by atoms with Crippen LogP contribution < -0.4 is 0 Å². The van der Waals surface area contributed by atoms with Crippen molar-refractivity contribution >= 4 is 0 Å². The maximum atomic E-state index is 9.82. The fraction of sp³-hybridized carbons (Fsp3) is 0.727. The second-order valence-electron chi connectivity index (χ2n) is 4.80. The van der Waals surface area contributed by atoms with E-state index in [0.717, 1.165) is 25.8 Å². The lowest BCUT2D eigenvalue weighted by Gasteiger charge is -2.12. The molecule has 1 N–H and O–H groups in total. The molecule has 0 aliphatic heterocycles. The Kier molecular flexibility index (Phi) is 2.35. The van der Waals surface area contributed by atoms with Gasteiger partial charge in [-0.15, -0.1) is 0 Å². The van der Waals surface area contributed by atoms with Crippen LogP contribution in [0.3, 0.4) is 0 Å². The van der Waals surface area contributed by atoms with Crippen molar-refractivity contribution in [3.8, 4) is 0 Å². The molecule has 0 atom stereocenters. The Hall–Kier alpha value is -0.830. The summed E-state index contributed by atoms with van der Waals surface area (Å²) in [5.74, 6) is 0.600. The molecule has 3 heteroatoms. The van der Waals surface area contributed by atoms with Crippen LogP contribution in [0.4, 0.5) is 0 Å². The van der Waals surface area contributed by atoms with Crippen molar-refractivity contribution in [3.05, 3.63) is 18.0 Å². The molecular weight excluding hydrogens is 176 g/mol. The zero-order valence-electron chi connectivity index (χ0n) is 8.90. The predicted molar refractivity (Wildman–Crippen MR) is 55.0 cm³/mol. The van der Waals surface area contributed by atoms with E-state index in [1.807, 2.05) is 16.9 Å². The highest BCUT2D eigenvalue weighted by molar-refractivity contribution is 5.10. The van der Waals surface area contributed by atoms with E-state index in [4.69, 9.17) is 0 Å². The van der Waals surface area contributed by atoms with Crippen LogP contribution in [0.15, 0.2) is 12.3 Å². The molecule has 1 aromatic heterocycles. The van der Waals surface area contributed by atoms with E-state index in [-0.39, 0.29) is 0 Å². The average Bonchev–Trinajstić information content (AvgIpc) is 2.65. The number of hydrogen-bond donors (Lipinski definition) is 1. The monoisotopic (exact) mass is 194 g/mol. The van der Waals surface area contributed by atoms with Gasteiger partial charge in [0, 0.05) is 24.9 Å². The minimum atomic E-state index is -0.408. The van der Waals surface area contributed by atoms with E-state index in [1.54, 1.807) is 0 Å². The molecule has 0 bridgehead atoms. The molecule has 78 valence electrons. The molecule has 0 spiro atoms. The molecule has 0 aromatic carbocycles. The Bertz CT molecular complexity index is 313. The summed E-state index contributed by atoms with van der Waals surface area (Å²) in [7, 11) is 0. The van der Waals surface area contributed by atoms with Gasteiger partial charge in [-0.05, 0) is 24.8 Å². The van der Waals surface area contributed by atoms with E-state index < -0.39 is 5.60 Å². The lowest BCUT2D eigenvalue weighted by atomic mass is 10.1. The van der Waals surface area contributed by atoms with Crippen molar-refractivity contribution in [2.75, 3.05) is 0 Å². The number of aliphatic hydroxyl groups is 1. The van der Waals surface area contributed by atoms with E-state index in [9.17, 15) is 5.11 Å². The lowest BCUT2D eigenvalue weighted by Crippen LogP contribution is -2.17. The molecule has 1 heterocycles. The number of hydrogen-bond acceptors (Lipinski definition) is 2. The smallest absolute Gasteiger partial charge is 0.0705 e. The summed E-state index contributed by atoms with van der Waals surface area (Å²) in [6, 6.07) is 2.01. The highest BCUT2D eigenvalue weighted by Crippen LogP contribution is 2.38. The fourth-order valence-corrected chi connectivity index (χ4v) is 1.68. The third-order valence-corrected chi connectivity index (χ3v) is 2.68. The van der Waals surface area contributed by atoms with Crippen molar-refractivity contribution < 1.29 is 5.11 Å². The molecule has 14 heavy (non-hydrogen) atoms. The first-order valence-electron chi connectivity index (χ1n) is 5.32. The van der Waals surface area contributed by atoms with Crippen LogP contribution in [0.2, 0.25) is 0 Å². The third-order valence-electron chi connectivity index (χ3n) is 2.68. The summed E-state index contributed by atoms with van der Waals surface area (Å²) in [4.78, 5) is 0. The van der Waals surface area contributed by atoms with Gasteiger partial charge in [-0.2, -0.15) is 5.10 Å². The van der Waals surface area contributed by atoms with Gasteiger partial charge in [-0.1, -0.05) is 13.8 Å². The summed E-state index contributed by atoms with van der Waals surface area (Å²) >= 11 is 0. The first-order valence-corrected chi connectivity index (χ1v) is 5.32. The molecule has 1 aromatic rings. The van der Waals surface area contributed by atoms with E-state index in [1.165, 1.54) is 5.69 Å². The van der Waals surface area contributed by atoms with Gasteiger partial charge in [0.05, 0.1) is 5.60 Å². The Balaban J connectivity index is 2.05. The molecule has 1 aliphatic carbocycles. The van der Waals surface area contributed by atoms with Gasteiger partial charge in [-0.25, -0.2) is 0 Å². The Morgan fingerprint density at radius 1 is 1.57 bits per heavy atom. The molecule has 1 fully saturated rings. The van der Waals surface area contributed by atoms with E-state index in [0.29, 0.717) is 5.92 Å². The van der Waals surface area contributed by atoms with Gasteiger partial charge in [0.2, 0.25) is 0 Å². The quantitative estimate of drug-likeness (QED) is 0.790. The van der Waals surface area contributed by atoms with E-state index in [2.05, 4.69) is 18.9 Å². The van der Waals surface area contributed by atoms with Crippen molar-refractivity contribution in [1.29, 1.82) is 0 Å². The zero-order chi connectivity index (χ0) is 10.2. The second-order valence-corrected chi connectivity index (χ2v) is 4.80. The van der Waals surface area contributed by atoms with Crippen molar-refractivity contribution in [3.63, 3.8) is 0 Å². The minimum Gasteiger partial charge on any atom is -0.389 e. The maximum Gasteiger partial charge on any atom is 0.0705 e. The molecular formula is C11H18N2O.